The maximum Gasteiger partial charge on any atom is 0.338 e. The first-order valence-corrected chi connectivity index (χ1v) is 7.07. The molecule has 1 unspecified atom stereocenters. The molecule has 1 aromatic rings. The molecule has 1 atom stereocenters. The zero-order valence-electron chi connectivity index (χ0n) is 12.6. The van der Waals surface area contributed by atoms with Gasteiger partial charge in [0.15, 0.2) is 0 Å². The Hall–Kier alpha value is -2.74. The van der Waals surface area contributed by atoms with Crippen LogP contribution in [0, 0.1) is 0 Å². The quantitative estimate of drug-likeness (QED) is 0.550. The van der Waals surface area contributed by atoms with Crippen molar-refractivity contribution in [3.63, 3.8) is 0 Å². The van der Waals surface area contributed by atoms with Crippen LogP contribution in [-0.4, -0.2) is 58.2 Å². The lowest BCUT2D eigenvalue weighted by atomic mass is 9.89. The predicted molar refractivity (Wildman–Crippen MR) is 78.9 cm³/mol. The zero-order chi connectivity index (χ0) is 17.2. The van der Waals surface area contributed by atoms with Crippen LogP contribution in [0.25, 0.3) is 0 Å². The highest BCUT2D eigenvalue weighted by molar-refractivity contribution is 6.39. The molecule has 3 amide bonds. The molecule has 3 N–H and O–H groups in total. The average Bonchev–Trinajstić information content (AvgIpc) is 2.56. The molecule has 1 aliphatic rings. The average molecular weight is 319 g/mol. The van der Waals surface area contributed by atoms with Crippen LogP contribution in [0.1, 0.15) is 12.5 Å². The third kappa shape index (κ3) is 2.68. The molecule has 0 aromatic heterocycles. The molecular weight excluding hydrogens is 302 g/mol. The molecule has 8 nitrogen and oxygen atoms in total. The third-order valence-electron chi connectivity index (χ3n) is 3.84. The number of hydrogen-bond donors (Lipinski definition) is 2. The van der Waals surface area contributed by atoms with Gasteiger partial charge in [-0.15, -0.1) is 0 Å². The highest BCUT2D eigenvalue weighted by Gasteiger charge is 2.50. The summed E-state index contributed by atoms with van der Waals surface area (Å²) in [5.41, 5.74) is 3.46. The minimum absolute atomic E-state index is 0.0377. The summed E-state index contributed by atoms with van der Waals surface area (Å²) in [6.07, 6.45) is 0. The molecule has 1 saturated heterocycles. The van der Waals surface area contributed by atoms with Gasteiger partial charge in [-0.1, -0.05) is 30.3 Å². The number of carboxylic acid groups (broad SMARTS) is 1. The fraction of sp³-hybridized carbons (Fsp3) is 0.333. The third-order valence-corrected chi connectivity index (χ3v) is 3.84. The van der Waals surface area contributed by atoms with Gasteiger partial charge in [0.25, 0.3) is 5.91 Å². The van der Waals surface area contributed by atoms with Crippen molar-refractivity contribution in [2.75, 3.05) is 19.6 Å². The van der Waals surface area contributed by atoms with Crippen molar-refractivity contribution in [3.8, 4) is 0 Å². The van der Waals surface area contributed by atoms with Crippen LogP contribution in [0.5, 0.6) is 0 Å². The number of carbonyl (C=O) groups is 4. The molecular formula is C15H17N3O5. The lowest BCUT2D eigenvalue weighted by molar-refractivity contribution is -0.166. The maximum absolute atomic E-state index is 12.6. The van der Waals surface area contributed by atoms with E-state index in [-0.39, 0.29) is 18.7 Å². The van der Waals surface area contributed by atoms with Gasteiger partial charge in [0.05, 0.1) is 0 Å². The molecule has 1 fully saturated rings. The molecule has 122 valence electrons. The number of likely N-dealkylation sites (N-methyl/N-ethyl adjacent to an activating group) is 1. The summed E-state index contributed by atoms with van der Waals surface area (Å²) in [7, 11) is 0. The van der Waals surface area contributed by atoms with Crippen molar-refractivity contribution in [2.24, 2.45) is 5.73 Å². The summed E-state index contributed by atoms with van der Waals surface area (Å²) in [5, 5.41) is 9.46. The van der Waals surface area contributed by atoms with Gasteiger partial charge < -0.3 is 15.7 Å². The number of aliphatic carboxylic acids is 1. The first-order valence-electron chi connectivity index (χ1n) is 7.07. The van der Waals surface area contributed by atoms with Crippen molar-refractivity contribution >= 4 is 23.7 Å². The molecule has 1 aromatic carbocycles. The SMILES string of the molecule is CCN1CCN(C(=O)C(N)(C(=O)O)c2ccccc2)C(=O)C1=O. The number of benzene rings is 1. The minimum atomic E-state index is -2.43. The van der Waals surface area contributed by atoms with E-state index in [4.69, 9.17) is 5.73 Å². The van der Waals surface area contributed by atoms with Gasteiger partial charge in [-0.05, 0) is 12.5 Å². The van der Waals surface area contributed by atoms with Crippen molar-refractivity contribution in [3.05, 3.63) is 35.9 Å². The fourth-order valence-corrected chi connectivity index (χ4v) is 2.42. The van der Waals surface area contributed by atoms with E-state index in [0.717, 1.165) is 0 Å². The molecule has 0 spiro atoms. The van der Waals surface area contributed by atoms with Crippen LogP contribution in [0.15, 0.2) is 30.3 Å². The van der Waals surface area contributed by atoms with E-state index in [0.29, 0.717) is 11.4 Å². The molecule has 0 bridgehead atoms. The van der Waals surface area contributed by atoms with Gasteiger partial charge in [0.1, 0.15) is 0 Å². The van der Waals surface area contributed by atoms with Crippen LogP contribution in [0.3, 0.4) is 0 Å². The van der Waals surface area contributed by atoms with Crippen LogP contribution in [0.4, 0.5) is 0 Å². The van der Waals surface area contributed by atoms with E-state index in [9.17, 15) is 24.3 Å². The number of carboxylic acids is 1. The Morgan fingerprint density at radius 3 is 2.30 bits per heavy atom. The van der Waals surface area contributed by atoms with Crippen molar-refractivity contribution < 1.29 is 24.3 Å². The van der Waals surface area contributed by atoms with Gasteiger partial charge in [-0.3, -0.25) is 19.3 Å². The Bertz CT molecular complexity index is 660. The van der Waals surface area contributed by atoms with E-state index in [1.165, 1.54) is 29.2 Å². The first kappa shape index (κ1) is 16.6. The number of hydrogen-bond acceptors (Lipinski definition) is 5. The van der Waals surface area contributed by atoms with Gasteiger partial charge in [-0.25, -0.2) is 4.79 Å². The highest BCUT2D eigenvalue weighted by Crippen LogP contribution is 2.23. The van der Waals surface area contributed by atoms with Crippen molar-refractivity contribution in [1.82, 2.24) is 9.80 Å². The first-order chi connectivity index (χ1) is 10.8. The lowest BCUT2D eigenvalue weighted by Gasteiger charge is -2.35. The Balaban J connectivity index is 2.39. The Labute approximate surface area is 132 Å². The number of piperazine rings is 1. The van der Waals surface area contributed by atoms with Gasteiger partial charge in [-0.2, -0.15) is 0 Å². The summed E-state index contributed by atoms with van der Waals surface area (Å²) in [4.78, 5) is 50.2. The summed E-state index contributed by atoms with van der Waals surface area (Å²) in [6.45, 7) is 2.10. The Kier molecular flexibility index (Phi) is 4.46. The summed E-state index contributed by atoms with van der Waals surface area (Å²) < 4.78 is 0. The van der Waals surface area contributed by atoms with E-state index in [1.807, 2.05) is 0 Å². The molecule has 0 aliphatic carbocycles. The Morgan fingerprint density at radius 2 is 1.78 bits per heavy atom. The van der Waals surface area contributed by atoms with E-state index in [2.05, 4.69) is 0 Å². The molecule has 0 radical (unpaired) electrons. The molecule has 0 saturated carbocycles. The van der Waals surface area contributed by atoms with Crippen LogP contribution < -0.4 is 5.73 Å². The molecule has 1 aliphatic heterocycles. The number of imide groups is 1. The minimum Gasteiger partial charge on any atom is -0.479 e. The fourth-order valence-electron chi connectivity index (χ4n) is 2.42. The molecule has 2 rings (SSSR count). The standard InChI is InChI=1S/C15H17N3O5/c1-2-17-8-9-18(12(20)11(17)19)13(21)15(16,14(22)23)10-6-4-3-5-7-10/h3-7H,2,8-9,16H2,1H3,(H,22,23). The van der Waals surface area contributed by atoms with E-state index >= 15 is 0 Å². The van der Waals surface area contributed by atoms with Crippen LogP contribution in [-0.2, 0) is 24.7 Å². The predicted octanol–water partition coefficient (Wildman–Crippen LogP) is -0.857. The zero-order valence-corrected chi connectivity index (χ0v) is 12.6. The number of nitrogens with two attached hydrogens (primary N) is 1. The second kappa shape index (κ2) is 6.17. The van der Waals surface area contributed by atoms with Crippen LogP contribution >= 0.6 is 0 Å². The highest BCUT2D eigenvalue weighted by atomic mass is 16.4. The molecule has 23 heavy (non-hydrogen) atoms. The smallest absolute Gasteiger partial charge is 0.338 e. The van der Waals surface area contributed by atoms with Gasteiger partial charge in [0, 0.05) is 19.6 Å². The topological polar surface area (TPSA) is 121 Å². The Morgan fingerprint density at radius 1 is 1.17 bits per heavy atom. The van der Waals surface area contributed by atoms with Crippen LogP contribution in [0.2, 0.25) is 0 Å². The molecule has 8 heteroatoms. The number of carbonyl (C=O) groups excluding carboxylic acids is 3. The largest absolute Gasteiger partial charge is 0.479 e. The number of amides is 3. The summed E-state index contributed by atoms with van der Waals surface area (Å²) >= 11 is 0. The second-order valence-electron chi connectivity index (χ2n) is 5.13. The van der Waals surface area contributed by atoms with Crippen molar-refractivity contribution in [2.45, 2.75) is 12.5 Å². The summed E-state index contributed by atoms with van der Waals surface area (Å²) in [5.74, 6) is -4.61. The maximum atomic E-state index is 12.6. The second-order valence-corrected chi connectivity index (χ2v) is 5.13. The van der Waals surface area contributed by atoms with Crippen molar-refractivity contribution in [1.29, 1.82) is 0 Å². The normalized spacial score (nSPS) is 17.8. The van der Waals surface area contributed by atoms with Gasteiger partial charge in [0.2, 0.25) is 5.54 Å². The van der Waals surface area contributed by atoms with E-state index < -0.39 is 29.2 Å². The number of nitrogens with zero attached hydrogens (tertiary/aromatic N) is 2. The number of rotatable bonds is 4. The monoisotopic (exact) mass is 319 g/mol. The lowest BCUT2D eigenvalue weighted by Crippen LogP contribution is -2.64. The summed E-state index contributed by atoms with van der Waals surface area (Å²) in [6, 6.07) is 7.50. The van der Waals surface area contributed by atoms with Gasteiger partial charge >= 0.3 is 17.8 Å². The van der Waals surface area contributed by atoms with E-state index in [1.54, 1.807) is 13.0 Å². The molecule has 1 heterocycles.